The summed E-state index contributed by atoms with van der Waals surface area (Å²) in [5.41, 5.74) is 1.36. The SMILES string of the molecule is CC(C)(C)c1cccc(OCCNC(=O)N2CCCCCC2)c1. The normalized spacial score (nSPS) is 15.9. The fourth-order valence-corrected chi connectivity index (χ4v) is 2.76. The quantitative estimate of drug-likeness (QED) is 0.854. The highest BCUT2D eigenvalue weighted by atomic mass is 16.5. The molecule has 4 nitrogen and oxygen atoms in total. The first-order chi connectivity index (χ1) is 11.0. The van der Waals surface area contributed by atoms with Crippen molar-refractivity contribution in [1.29, 1.82) is 0 Å². The van der Waals surface area contributed by atoms with Gasteiger partial charge in [0.25, 0.3) is 0 Å². The first kappa shape index (κ1) is 17.6. The van der Waals surface area contributed by atoms with Gasteiger partial charge in [0.1, 0.15) is 12.4 Å². The summed E-state index contributed by atoms with van der Waals surface area (Å²) in [5, 5.41) is 2.96. The lowest BCUT2D eigenvalue weighted by Gasteiger charge is -2.21. The molecule has 2 amide bonds. The van der Waals surface area contributed by atoms with Gasteiger partial charge in [-0.25, -0.2) is 4.79 Å². The lowest BCUT2D eigenvalue weighted by Crippen LogP contribution is -2.41. The summed E-state index contributed by atoms with van der Waals surface area (Å²) in [5.74, 6) is 0.862. The number of likely N-dealkylation sites (tertiary alicyclic amines) is 1. The van der Waals surface area contributed by atoms with Crippen LogP contribution in [-0.2, 0) is 5.41 Å². The summed E-state index contributed by atoms with van der Waals surface area (Å²) in [7, 11) is 0. The molecule has 23 heavy (non-hydrogen) atoms. The maximum Gasteiger partial charge on any atom is 0.317 e. The fourth-order valence-electron chi connectivity index (χ4n) is 2.76. The topological polar surface area (TPSA) is 41.6 Å². The number of nitrogens with zero attached hydrogens (tertiary/aromatic N) is 1. The molecule has 4 heteroatoms. The smallest absolute Gasteiger partial charge is 0.317 e. The molecule has 0 spiro atoms. The summed E-state index contributed by atoms with van der Waals surface area (Å²) in [6.07, 6.45) is 4.70. The van der Waals surface area contributed by atoms with Gasteiger partial charge in [-0.3, -0.25) is 0 Å². The van der Waals surface area contributed by atoms with E-state index in [-0.39, 0.29) is 11.4 Å². The Morgan fingerprint density at radius 2 is 1.87 bits per heavy atom. The van der Waals surface area contributed by atoms with Crippen LogP contribution in [0.1, 0.15) is 52.0 Å². The van der Waals surface area contributed by atoms with E-state index in [1.54, 1.807) is 0 Å². The fraction of sp³-hybridized carbons (Fsp3) is 0.632. The van der Waals surface area contributed by atoms with Crippen LogP contribution in [0.25, 0.3) is 0 Å². The van der Waals surface area contributed by atoms with Crippen LogP contribution in [0.3, 0.4) is 0 Å². The molecule has 0 saturated carbocycles. The highest BCUT2D eigenvalue weighted by molar-refractivity contribution is 5.74. The van der Waals surface area contributed by atoms with Gasteiger partial charge < -0.3 is 15.0 Å². The molecule has 1 fully saturated rings. The van der Waals surface area contributed by atoms with Gasteiger partial charge in [-0.2, -0.15) is 0 Å². The molecule has 0 unspecified atom stereocenters. The van der Waals surface area contributed by atoms with Crippen LogP contribution in [0.2, 0.25) is 0 Å². The molecule has 0 bridgehead atoms. The number of hydrogen-bond donors (Lipinski definition) is 1. The van der Waals surface area contributed by atoms with Gasteiger partial charge in [0.05, 0.1) is 6.54 Å². The summed E-state index contributed by atoms with van der Waals surface area (Å²) in [6.45, 7) is 9.34. The summed E-state index contributed by atoms with van der Waals surface area (Å²) in [4.78, 5) is 14.0. The van der Waals surface area contributed by atoms with E-state index >= 15 is 0 Å². The molecule has 0 atom stereocenters. The predicted octanol–water partition coefficient (Wildman–Crippen LogP) is 3.95. The third-order valence-corrected chi connectivity index (χ3v) is 4.24. The van der Waals surface area contributed by atoms with Gasteiger partial charge >= 0.3 is 6.03 Å². The third kappa shape index (κ3) is 5.77. The van der Waals surface area contributed by atoms with Gasteiger partial charge in [0, 0.05) is 13.1 Å². The van der Waals surface area contributed by atoms with Gasteiger partial charge in [-0.1, -0.05) is 45.7 Å². The minimum atomic E-state index is 0.0407. The number of ether oxygens (including phenoxy) is 1. The van der Waals surface area contributed by atoms with E-state index in [4.69, 9.17) is 4.74 Å². The Bertz CT molecular complexity index is 500. The van der Waals surface area contributed by atoms with Crippen molar-refractivity contribution in [2.45, 2.75) is 51.9 Å². The number of rotatable bonds is 4. The number of carbonyl (C=O) groups excluding carboxylic acids is 1. The molecule has 1 heterocycles. The first-order valence-corrected chi connectivity index (χ1v) is 8.73. The highest BCUT2D eigenvalue weighted by Gasteiger charge is 2.15. The van der Waals surface area contributed by atoms with Crippen molar-refractivity contribution in [2.75, 3.05) is 26.2 Å². The minimum Gasteiger partial charge on any atom is -0.492 e. The Morgan fingerprint density at radius 1 is 1.17 bits per heavy atom. The minimum absolute atomic E-state index is 0.0407. The first-order valence-electron chi connectivity index (χ1n) is 8.73. The van der Waals surface area contributed by atoms with Crippen LogP contribution < -0.4 is 10.1 Å². The van der Waals surface area contributed by atoms with Gasteiger partial charge in [-0.15, -0.1) is 0 Å². The van der Waals surface area contributed by atoms with Crippen molar-refractivity contribution >= 4 is 6.03 Å². The average molecular weight is 318 g/mol. The Labute approximate surface area is 140 Å². The van der Waals surface area contributed by atoms with E-state index in [9.17, 15) is 4.79 Å². The lowest BCUT2D eigenvalue weighted by molar-refractivity contribution is 0.196. The zero-order chi connectivity index (χ0) is 16.7. The number of carbonyl (C=O) groups is 1. The van der Waals surface area contributed by atoms with Crippen LogP contribution in [0, 0.1) is 0 Å². The molecule has 1 aromatic rings. The van der Waals surface area contributed by atoms with Crippen LogP contribution in [0.5, 0.6) is 5.75 Å². The van der Waals surface area contributed by atoms with Gasteiger partial charge in [-0.05, 0) is 36.0 Å². The number of nitrogens with one attached hydrogen (secondary N) is 1. The maximum atomic E-state index is 12.1. The Kier molecular flexibility index (Phi) is 6.31. The molecule has 0 aromatic heterocycles. The third-order valence-electron chi connectivity index (χ3n) is 4.24. The predicted molar refractivity (Wildman–Crippen MR) is 94.1 cm³/mol. The molecule has 0 aliphatic carbocycles. The van der Waals surface area contributed by atoms with Crippen molar-refractivity contribution in [3.63, 3.8) is 0 Å². The van der Waals surface area contributed by atoms with E-state index in [1.165, 1.54) is 18.4 Å². The molecule has 1 aromatic carbocycles. The molecule has 1 aliphatic rings. The second-order valence-electron chi connectivity index (χ2n) is 7.26. The zero-order valence-electron chi connectivity index (χ0n) is 14.7. The molecular weight excluding hydrogens is 288 g/mol. The van der Waals surface area contributed by atoms with Crippen molar-refractivity contribution in [3.05, 3.63) is 29.8 Å². The number of amides is 2. The zero-order valence-corrected chi connectivity index (χ0v) is 14.7. The van der Waals surface area contributed by atoms with Crippen molar-refractivity contribution in [3.8, 4) is 5.75 Å². The lowest BCUT2D eigenvalue weighted by atomic mass is 9.87. The maximum absolute atomic E-state index is 12.1. The van der Waals surface area contributed by atoms with Gasteiger partial charge in [0.2, 0.25) is 0 Å². The molecule has 1 aliphatic heterocycles. The molecular formula is C19H30N2O2. The second kappa shape index (κ2) is 8.23. The molecule has 1 N–H and O–H groups in total. The summed E-state index contributed by atoms with van der Waals surface area (Å²) in [6, 6.07) is 8.22. The van der Waals surface area contributed by atoms with Gasteiger partial charge in [0.15, 0.2) is 0 Å². The van der Waals surface area contributed by atoms with Crippen LogP contribution in [-0.4, -0.2) is 37.2 Å². The molecule has 0 radical (unpaired) electrons. The summed E-state index contributed by atoms with van der Waals surface area (Å²) >= 11 is 0. The van der Waals surface area contributed by atoms with E-state index in [0.717, 1.165) is 31.7 Å². The van der Waals surface area contributed by atoms with Crippen LogP contribution in [0.4, 0.5) is 4.79 Å². The Hall–Kier alpha value is -1.71. The van der Waals surface area contributed by atoms with E-state index in [2.05, 4.69) is 38.2 Å². The van der Waals surface area contributed by atoms with Crippen molar-refractivity contribution in [1.82, 2.24) is 10.2 Å². The van der Waals surface area contributed by atoms with Crippen molar-refractivity contribution in [2.24, 2.45) is 0 Å². The average Bonchev–Trinajstić information content (AvgIpc) is 2.80. The van der Waals surface area contributed by atoms with E-state index in [0.29, 0.717) is 13.2 Å². The largest absolute Gasteiger partial charge is 0.492 e. The summed E-state index contributed by atoms with van der Waals surface area (Å²) < 4.78 is 5.77. The van der Waals surface area contributed by atoms with Crippen LogP contribution in [0.15, 0.2) is 24.3 Å². The Balaban J connectivity index is 1.73. The number of urea groups is 1. The molecule has 1 saturated heterocycles. The van der Waals surface area contributed by atoms with Crippen molar-refractivity contribution < 1.29 is 9.53 Å². The molecule has 2 rings (SSSR count). The number of hydrogen-bond acceptors (Lipinski definition) is 2. The second-order valence-corrected chi connectivity index (χ2v) is 7.26. The monoisotopic (exact) mass is 318 g/mol. The molecule has 128 valence electrons. The number of benzene rings is 1. The standard InChI is InChI=1S/C19H30N2O2/c1-19(2,3)16-9-8-10-17(15-16)23-14-11-20-18(22)21-12-6-4-5-7-13-21/h8-10,15H,4-7,11-14H2,1-3H3,(H,20,22). The van der Waals surface area contributed by atoms with E-state index in [1.807, 2.05) is 17.0 Å². The Morgan fingerprint density at radius 3 is 2.52 bits per heavy atom. The van der Waals surface area contributed by atoms with E-state index < -0.39 is 0 Å². The van der Waals surface area contributed by atoms with Crippen LogP contribution >= 0.6 is 0 Å². The highest BCUT2D eigenvalue weighted by Crippen LogP contribution is 2.25.